The molecular formula is C16H24F2IN3. The molecule has 0 aromatic heterocycles. The molecule has 0 aliphatic heterocycles. The average molecular weight is 423 g/mol. The van der Waals surface area contributed by atoms with E-state index in [2.05, 4.69) is 22.5 Å². The van der Waals surface area contributed by atoms with Crippen LogP contribution in [0.1, 0.15) is 38.2 Å². The summed E-state index contributed by atoms with van der Waals surface area (Å²) in [5.74, 6) is 0.510. The highest BCUT2D eigenvalue weighted by atomic mass is 127. The van der Waals surface area contributed by atoms with Gasteiger partial charge < -0.3 is 10.6 Å². The van der Waals surface area contributed by atoms with Gasteiger partial charge in [0.15, 0.2) is 5.96 Å². The SMILES string of the molecule is CN=C(NCc1cc(F)ccc1F)NC1CCCC(C)C1.I. The first-order valence-electron chi connectivity index (χ1n) is 7.49. The molecule has 1 saturated carbocycles. The van der Waals surface area contributed by atoms with Crippen molar-refractivity contribution in [1.82, 2.24) is 10.6 Å². The number of benzene rings is 1. The predicted octanol–water partition coefficient (Wildman–Crippen LogP) is 3.83. The van der Waals surface area contributed by atoms with Gasteiger partial charge in [-0.25, -0.2) is 8.78 Å². The Morgan fingerprint density at radius 3 is 2.77 bits per heavy atom. The van der Waals surface area contributed by atoms with E-state index in [-0.39, 0.29) is 30.5 Å². The summed E-state index contributed by atoms with van der Waals surface area (Å²) in [4.78, 5) is 4.15. The maximum atomic E-state index is 13.6. The number of halogens is 3. The molecule has 2 atom stereocenters. The molecule has 0 spiro atoms. The van der Waals surface area contributed by atoms with Gasteiger partial charge in [-0.3, -0.25) is 4.99 Å². The van der Waals surface area contributed by atoms with Crippen LogP contribution in [0, 0.1) is 17.6 Å². The zero-order valence-electron chi connectivity index (χ0n) is 13.0. The van der Waals surface area contributed by atoms with Crippen LogP contribution in [0.3, 0.4) is 0 Å². The molecule has 22 heavy (non-hydrogen) atoms. The van der Waals surface area contributed by atoms with Crippen LogP contribution >= 0.6 is 24.0 Å². The van der Waals surface area contributed by atoms with Crippen molar-refractivity contribution in [1.29, 1.82) is 0 Å². The fourth-order valence-corrected chi connectivity index (χ4v) is 2.81. The van der Waals surface area contributed by atoms with Gasteiger partial charge in [0, 0.05) is 25.2 Å². The molecule has 2 N–H and O–H groups in total. The van der Waals surface area contributed by atoms with Crippen molar-refractivity contribution in [2.75, 3.05) is 7.05 Å². The van der Waals surface area contributed by atoms with Crippen LogP contribution in [0.25, 0.3) is 0 Å². The lowest BCUT2D eigenvalue weighted by atomic mass is 9.87. The zero-order chi connectivity index (χ0) is 15.2. The number of rotatable bonds is 3. The average Bonchev–Trinajstić information content (AvgIpc) is 2.46. The Morgan fingerprint density at radius 2 is 2.09 bits per heavy atom. The monoisotopic (exact) mass is 423 g/mol. The van der Waals surface area contributed by atoms with Crippen molar-refractivity contribution in [3.63, 3.8) is 0 Å². The van der Waals surface area contributed by atoms with E-state index < -0.39 is 11.6 Å². The van der Waals surface area contributed by atoms with Crippen molar-refractivity contribution < 1.29 is 8.78 Å². The highest BCUT2D eigenvalue weighted by molar-refractivity contribution is 14.0. The molecule has 0 saturated heterocycles. The van der Waals surface area contributed by atoms with Gasteiger partial charge in [-0.1, -0.05) is 19.8 Å². The standard InChI is InChI=1S/C16H23F2N3.HI/c1-11-4-3-5-14(8-11)21-16(19-2)20-10-12-9-13(17)6-7-15(12)18;/h6-7,9,11,14H,3-5,8,10H2,1-2H3,(H2,19,20,21);1H. The number of hydrogen-bond acceptors (Lipinski definition) is 1. The molecule has 1 aliphatic rings. The molecular weight excluding hydrogens is 399 g/mol. The molecule has 0 bridgehead atoms. The Kier molecular flexibility index (Phi) is 8.06. The lowest BCUT2D eigenvalue weighted by Gasteiger charge is -2.28. The summed E-state index contributed by atoms with van der Waals surface area (Å²) < 4.78 is 26.7. The third-order valence-electron chi connectivity index (χ3n) is 3.95. The number of nitrogens with zero attached hydrogens (tertiary/aromatic N) is 1. The quantitative estimate of drug-likeness (QED) is 0.441. The molecule has 3 nitrogen and oxygen atoms in total. The van der Waals surface area contributed by atoms with E-state index >= 15 is 0 Å². The largest absolute Gasteiger partial charge is 0.354 e. The molecule has 1 aromatic carbocycles. The maximum Gasteiger partial charge on any atom is 0.191 e. The second-order valence-electron chi connectivity index (χ2n) is 5.77. The highest BCUT2D eigenvalue weighted by Gasteiger charge is 2.19. The highest BCUT2D eigenvalue weighted by Crippen LogP contribution is 2.23. The van der Waals surface area contributed by atoms with Crippen molar-refractivity contribution >= 4 is 29.9 Å². The molecule has 6 heteroatoms. The van der Waals surface area contributed by atoms with Crippen LogP contribution in [0.5, 0.6) is 0 Å². The van der Waals surface area contributed by atoms with Crippen LogP contribution in [-0.4, -0.2) is 19.0 Å². The van der Waals surface area contributed by atoms with Gasteiger partial charge in [0.2, 0.25) is 0 Å². The number of hydrogen-bond donors (Lipinski definition) is 2. The molecule has 124 valence electrons. The molecule has 1 fully saturated rings. The van der Waals surface area contributed by atoms with Crippen molar-refractivity contribution in [2.24, 2.45) is 10.9 Å². The molecule has 2 rings (SSSR count). The molecule has 0 radical (unpaired) electrons. The lowest BCUT2D eigenvalue weighted by molar-refractivity contribution is 0.324. The van der Waals surface area contributed by atoms with Crippen LogP contribution in [-0.2, 0) is 6.54 Å². The minimum absolute atomic E-state index is 0. The van der Waals surface area contributed by atoms with E-state index in [0.717, 1.165) is 30.9 Å². The summed E-state index contributed by atoms with van der Waals surface area (Å²) >= 11 is 0. The molecule has 1 aromatic rings. The predicted molar refractivity (Wildman–Crippen MR) is 96.5 cm³/mol. The van der Waals surface area contributed by atoms with Crippen LogP contribution in [0.15, 0.2) is 23.2 Å². The first-order valence-corrected chi connectivity index (χ1v) is 7.49. The number of nitrogens with one attached hydrogen (secondary N) is 2. The molecule has 0 amide bonds. The van der Waals surface area contributed by atoms with E-state index in [1.54, 1.807) is 7.05 Å². The summed E-state index contributed by atoms with van der Waals surface area (Å²) in [6, 6.07) is 3.87. The van der Waals surface area contributed by atoms with Crippen LogP contribution in [0.4, 0.5) is 8.78 Å². The summed E-state index contributed by atoms with van der Waals surface area (Å²) in [7, 11) is 1.68. The fourth-order valence-electron chi connectivity index (χ4n) is 2.81. The number of guanidine groups is 1. The van der Waals surface area contributed by atoms with E-state index in [1.807, 2.05) is 0 Å². The van der Waals surface area contributed by atoms with E-state index in [4.69, 9.17) is 0 Å². The Labute approximate surface area is 148 Å². The number of aliphatic imine (C=N–C) groups is 1. The molecule has 2 unspecified atom stereocenters. The Bertz CT molecular complexity index is 508. The lowest BCUT2D eigenvalue weighted by Crippen LogP contribution is -2.44. The van der Waals surface area contributed by atoms with Crippen molar-refractivity contribution in [2.45, 2.75) is 45.2 Å². The first-order chi connectivity index (χ1) is 10.1. The second kappa shape index (κ2) is 9.27. The molecule has 0 heterocycles. The minimum Gasteiger partial charge on any atom is -0.354 e. The van der Waals surface area contributed by atoms with Gasteiger partial charge >= 0.3 is 0 Å². The topological polar surface area (TPSA) is 36.4 Å². The van der Waals surface area contributed by atoms with Gasteiger partial charge in [-0.05, 0) is 37.0 Å². The van der Waals surface area contributed by atoms with Gasteiger partial charge in [-0.2, -0.15) is 0 Å². The van der Waals surface area contributed by atoms with E-state index in [9.17, 15) is 8.78 Å². The Balaban J connectivity index is 0.00000242. The van der Waals surface area contributed by atoms with Gasteiger partial charge in [0.25, 0.3) is 0 Å². The van der Waals surface area contributed by atoms with Gasteiger partial charge in [0.05, 0.1) is 0 Å². The van der Waals surface area contributed by atoms with Crippen LogP contribution < -0.4 is 10.6 Å². The Hall–Kier alpha value is -0.920. The smallest absolute Gasteiger partial charge is 0.191 e. The van der Waals surface area contributed by atoms with Crippen LogP contribution in [0.2, 0.25) is 0 Å². The first kappa shape index (κ1) is 19.1. The summed E-state index contributed by atoms with van der Waals surface area (Å²) in [5.41, 5.74) is 0.301. The Morgan fingerprint density at radius 1 is 1.32 bits per heavy atom. The third-order valence-corrected chi connectivity index (χ3v) is 3.95. The normalized spacial score (nSPS) is 21.9. The van der Waals surface area contributed by atoms with Crippen molar-refractivity contribution in [3.05, 3.63) is 35.4 Å². The minimum atomic E-state index is -0.433. The van der Waals surface area contributed by atoms with Gasteiger partial charge in [0.1, 0.15) is 11.6 Å². The fraction of sp³-hybridized carbons (Fsp3) is 0.562. The van der Waals surface area contributed by atoms with E-state index in [0.29, 0.717) is 17.6 Å². The second-order valence-corrected chi connectivity index (χ2v) is 5.77. The third kappa shape index (κ3) is 5.70. The molecule has 1 aliphatic carbocycles. The zero-order valence-corrected chi connectivity index (χ0v) is 15.4. The summed E-state index contributed by atoms with van der Waals surface area (Å²) in [6.07, 6.45) is 4.74. The van der Waals surface area contributed by atoms with Gasteiger partial charge in [-0.15, -0.1) is 24.0 Å². The summed E-state index contributed by atoms with van der Waals surface area (Å²) in [5, 5.41) is 6.41. The van der Waals surface area contributed by atoms with E-state index in [1.165, 1.54) is 18.9 Å². The van der Waals surface area contributed by atoms with Crippen molar-refractivity contribution in [3.8, 4) is 0 Å². The maximum absolute atomic E-state index is 13.6. The summed E-state index contributed by atoms with van der Waals surface area (Å²) in [6.45, 7) is 2.47.